The van der Waals surface area contributed by atoms with E-state index in [1.165, 1.54) is 4.68 Å². The van der Waals surface area contributed by atoms with Crippen LogP contribution in [0.15, 0.2) is 30.3 Å². The fourth-order valence-corrected chi connectivity index (χ4v) is 2.80. The highest BCUT2D eigenvalue weighted by atomic mass is 16.5. The lowest BCUT2D eigenvalue weighted by molar-refractivity contribution is -0.126. The van der Waals surface area contributed by atoms with E-state index < -0.39 is 11.6 Å². The van der Waals surface area contributed by atoms with Crippen LogP contribution >= 0.6 is 0 Å². The molecule has 2 aromatic rings. The number of tetrazole rings is 1. The third-order valence-electron chi connectivity index (χ3n) is 4.62. The minimum absolute atomic E-state index is 0.0698. The summed E-state index contributed by atoms with van der Waals surface area (Å²) in [6.07, 6.45) is 1.56. The lowest BCUT2D eigenvalue weighted by Gasteiger charge is -2.24. The highest BCUT2D eigenvalue weighted by Gasteiger charge is 2.28. The average molecular weight is 448 g/mol. The molecule has 5 N–H and O–H groups in total. The van der Waals surface area contributed by atoms with Gasteiger partial charge in [-0.25, -0.2) is 4.68 Å². The van der Waals surface area contributed by atoms with Crippen molar-refractivity contribution in [1.82, 2.24) is 30.8 Å². The lowest BCUT2D eigenvalue weighted by Crippen LogP contribution is -2.51. The number of nitrogens with zero attached hydrogens (tertiary/aromatic N) is 4. The number of aromatic nitrogens is 4. The zero-order valence-electron chi connectivity index (χ0n) is 18.7. The topological polar surface area (TPSA) is 157 Å². The molecule has 0 spiro atoms. The first-order valence-electron chi connectivity index (χ1n) is 10.7. The van der Waals surface area contributed by atoms with Crippen LogP contribution < -0.4 is 16.4 Å². The molecule has 0 aliphatic carbocycles. The fourth-order valence-electron chi connectivity index (χ4n) is 2.80. The van der Waals surface area contributed by atoms with E-state index >= 15 is 0 Å². The summed E-state index contributed by atoms with van der Waals surface area (Å²) in [6, 6.07) is 9.05. The van der Waals surface area contributed by atoms with Crippen molar-refractivity contribution < 1.29 is 19.4 Å². The van der Waals surface area contributed by atoms with Crippen molar-refractivity contribution in [2.75, 3.05) is 19.8 Å². The molecule has 11 heteroatoms. The van der Waals surface area contributed by atoms with Crippen LogP contribution in [0.5, 0.6) is 0 Å². The molecular weight excluding hydrogens is 414 g/mol. The number of carbonyl (C=O) groups is 2. The number of benzene rings is 1. The Hall–Kier alpha value is -2.89. The van der Waals surface area contributed by atoms with E-state index in [-0.39, 0.29) is 25.0 Å². The highest BCUT2D eigenvalue weighted by molar-refractivity contribution is 5.85. The molecule has 0 radical (unpaired) electrons. The number of nitrogens with one attached hydrogen (secondary N) is 2. The molecule has 32 heavy (non-hydrogen) atoms. The monoisotopic (exact) mass is 447 g/mol. The van der Waals surface area contributed by atoms with Gasteiger partial charge in [-0.3, -0.25) is 9.59 Å². The van der Waals surface area contributed by atoms with Crippen molar-refractivity contribution in [3.8, 4) is 0 Å². The van der Waals surface area contributed by atoms with Gasteiger partial charge in [0, 0.05) is 19.6 Å². The summed E-state index contributed by atoms with van der Waals surface area (Å²) >= 11 is 0. The van der Waals surface area contributed by atoms with Gasteiger partial charge in [0.05, 0.1) is 25.3 Å². The van der Waals surface area contributed by atoms with Gasteiger partial charge in [0.1, 0.15) is 6.04 Å². The van der Waals surface area contributed by atoms with E-state index in [2.05, 4.69) is 26.2 Å². The molecule has 2 amide bonds. The second-order valence-corrected chi connectivity index (χ2v) is 8.04. The number of ether oxygens (including phenoxy) is 1. The minimum Gasteiger partial charge on any atom is -0.396 e. The fraction of sp³-hybridized carbons (Fsp3) is 0.571. The van der Waals surface area contributed by atoms with E-state index in [9.17, 15) is 9.59 Å². The van der Waals surface area contributed by atoms with Crippen molar-refractivity contribution in [2.45, 2.75) is 57.8 Å². The van der Waals surface area contributed by atoms with Crippen LogP contribution in [0, 0.1) is 0 Å². The molecular formula is C21H33N7O4. The molecule has 0 saturated heterocycles. The van der Waals surface area contributed by atoms with E-state index in [0.717, 1.165) is 5.56 Å². The Morgan fingerprint density at radius 3 is 2.69 bits per heavy atom. The molecule has 0 bridgehead atoms. The third-order valence-corrected chi connectivity index (χ3v) is 4.62. The molecule has 176 valence electrons. The Labute approximate surface area is 187 Å². The van der Waals surface area contributed by atoms with Crippen LogP contribution in [0.3, 0.4) is 0 Å². The van der Waals surface area contributed by atoms with Crippen LogP contribution in [-0.4, -0.2) is 62.4 Å². The number of aliphatic hydroxyl groups is 1. The quantitative estimate of drug-likeness (QED) is 0.296. The maximum absolute atomic E-state index is 12.5. The Kier molecular flexibility index (Phi) is 10.2. The predicted molar refractivity (Wildman–Crippen MR) is 117 cm³/mol. The minimum atomic E-state index is -1.08. The van der Waals surface area contributed by atoms with Gasteiger partial charge in [0.2, 0.25) is 11.8 Å². The lowest BCUT2D eigenvalue weighted by atomic mass is 10.1. The normalized spacial score (nSPS) is 12.4. The molecule has 0 aliphatic rings. The molecule has 2 rings (SSSR count). The summed E-state index contributed by atoms with van der Waals surface area (Å²) in [6.45, 7) is 4.45. The number of aliphatic hydroxyl groups excluding tert-OH is 1. The largest absolute Gasteiger partial charge is 0.396 e. The van der Waals surface area contributed by atoms with Crippen molar-refractivity contribution in [2.24, 2.45) is 5.73 Å². The maximum atomic E-state index is 12.5. The van der Waals surface area contributed by atoms with E-state index in [1.54, 1.807) is 13.8 Å². The number of rotatable bonds is 14. The first kappa shape index (κ1) is 25.4. The van der Waals surface area contributed by atoms with Crippen LogP contribution in [0.4, 0.5) is 0 Å². The second kappa shape index (κ2) is 12.8. The van der Waals surface area contributed by atoms with Crippen molar-refractivity contribution in [1.29, 1.82) is 0 Å². The summed E-state index contributed by atoms with van der Waals surface area (Å²) in [5.74, 6) is -0.0586. The molecule has 1 heterocycles. The van der Waals surface area contributed by atoms with Gasteiger partial charge in [-0.1, -0.05) is 30.3 Å². The summed E-state index contributed by atoms with van der Waals surface area (Å²) in [4.78, 5) is 24.4. The summed E-state index contributed by atoms with van der Waals surface area (Å²) in [7, 11) is 0. The standard InChI is InChI=1S/C21H33N7O4/c1-21(2,22)20(31)24-17(15-32-14-16-8-4-3-5-9-16)19-25-26-27-28(19)12-11-23-18(30)10-6-7-13-29/h3-5,8-9,17,29H,6-7,10-15,22H2,1-2H3,(H,23,30)(H,24,31)/t17-/m1/s1. The Morgan fingerprint density at radius 2 is 2.00 bits per heavy atom. The smallest absolute Gasteiger partial charge is 0.240 e. The number of unbranched alkanes of at least 4 members (excludes halogenated alkanes) is 1. The Bertz CT molecular complexity index is 836. The van der Waals surface area contributed by atoms with E-state index in [0.29, 0.717) is 44.8 Å². The van der Waals surface area contributed by atoms with E-state index in [1.807, 2.05) is 30.3 Å². The summed E-state index contributed by atoms with van der Waals surface area (Å²) < 4.78 is 7.34. The molecule has 0 aliphatic heterocycles. The first-order valence-corrected chi connectivity index (χ1v) is 10.7. The molecule has 0 fully saturated rings. The van der Waals surface area contributed by atoms with Crippen molar-refractivity contribution >= 4 is 11.8 Å². The predicted octanol–water partition coefficient (Wildman–Crippen LogP) is 0.0633. The van der Waals surface area contributed by atoms with Gasteiger partial charge in [0.25, 0.3) is 0 Å². The second-order valence-electron chi connectivity index (χ2n) is 8.04. The number of amides is 2. The summed E-state index contributed by atoms with van der Waals surface area (Å²) in [5.41, 5.74) is 5.84. The average Bonchev–Trinajstić information content (AvgIpc) is 3.21. The van der Waals surface area contributed by atoms with Crippen molar-refractivity contribution in [3.63, 3.8) is 0 Å². The van der Waals surface area contributed by atoms with Crippen LogP contribution in [0.25, 0.3) is 0 Å². The van der Waals surface area contributed by atoms with Gasteiger partial charge >= 0.3 is 0 Å². The summed E-state index contributed by atoms with van der Waals surface area (Å²) in [5, 5.41) is 26.2. The number of hydrogen-bond acceptors (Lipinski definition) is 8. The van der Waals surface area contributed by atoms with Gasteiger partial charge in [-0.05, 0) is 42.7 Å². The first-order chi connectivity index (χ1) is 15.3. The number of hydrogen-bond donors (Lipinski definition) is 4. The Morgan fingerprint density at radius 1 is 1.25 bits per heavy atom. The maximum Gasteiger partial charge on any atom is 0.240 e. The van der Waals surface area contributed by atoms with Crippen LogP contribution in [-0.2, 0) is 27.5 Å². The van der Waals surface area contributed by atoms with Crippen LogP contribution in [0.1, 0.15) is 50.5 Å². The molecule has 0 unspecified atom stereocenters. The molecule has 1 aromatic carbocycles. The molecule has 11 nitrogen and oxygen atoms in total. The molecule has 0 saturated carbocycles. The zero-order chi connectivity index (χ0) is 23.4. The molecule has 1 atom stereocenters. The van der Waals surface area contributed by atoms with Gasteiger partial charge in [-0.2, -0.15) is 0 Å². The third kappa shape index (κ3) is 8.69. The van der Waals surface area contributed by atoms with Gasteiger partial charge in [-0.15, -0.1) is 5.10 Å². The van der Waals surface area contributed by atoms with Crippen LogP contribution in [0.2, 0.25) is 0 Å². The van der Waals surface area contributed by atoms with E-state index in [4.69, 9.17) is 15.6 Å². The van der Waals surface area contributed by atoms with Gasteiger partial charge < -0.3 is 26.2 Å². The van der Waals surface area contributed by atoms with Crippen molar-refractivity contribution in [3.05, 3.63) is 41.7 Å². The SMILES string of the molecule is CC(C)(N)C(=O)N[C@H](COCc1ccccc1)c1nnnn1CCNC(=O)CCCCO. The Balaban J connectivity index is 1.99. The zero-order valence-corrected chi connectivity index (χ0v) is 18.7. The van der Waals surface area contributed by atoms with Gasteiger partial charge in [0.15, 0.2) is 5.82 Å². The number of carbonyl (C=O) groups excluding carboxylic acids is 2. The highest BCUT2D eigenvalue weighted by Crippen LogP contribution is 2.13. The number of nitrogens with two attached hydrogens (primary N) is 1. The molecule has 1 aromatic heterocycles.